The van der Waals surface area contributed by atoms with E-state index in [-0.39, 0.29) is 0 Å². The first-order valence-corrected chi connectivity index (χ1v) is 7.27. The lowest BCUT2D eigenvalue weighted by atomic mass is 9.94. The van der Waals surface area contributed by atoms with Gasteiger partial charge in [-0.1, -0.05) is 60.6 Å². The Morgan fingerprint density at radius 3 is 2.43 bits per heavy atom. The van der Waals surface area contributed by atoms with E-state index in [1.165, 1.54) is 0 Å². The van der Waals surface area contributed by atoms with E-state index >= 15 is 0 Å². The third-order valence-electron chi connectivity index (χ3n) is 3.64. The van der Waals surface area contributed by atoms with E-state index in [9.17, 15) is 0 Å². The van der Waals surface area contributed by atoms with E-state index in [4.69, 9.17) is 16.6 Å². The van der Waals surface area contributed by atoms with E-state index < -0.39 is 0 Å². The maximum Gasteiger partial charge on any atom is 0.0741 e. The van der Waals surface area contributed by atoms with E-state index in [1.54, 1.807) is 0 Å². The van der Waals surface area contributed by atoms with Crippen LogP contribution < -0.4 is 0 Å². The number of aryl methyl sites for hydroxylation is 1. The molecule has 104 valence electrons. The van der Waals surface area contributed by atoms with Crippen molar-refractivity contribution in [3.05, 3.63) is 71.5 Å². The molecule has 21 heavy (non-hydrogen) atoms. The van der Waals surface area contributed by atoms with Crippen LogP contribution in [0.1, 0.15) is 18.3 Å². The van der Waals surface area contributed by atoms with Gasteiger partial charge in [0.1, 0.15) is 0 Å². The van der Waals surface area contributed by atoms with Gasteiger partial charge < -0.3 is 0 Å². The summed E-state index contributed by atoms with van der Waals surface area (Å²) in [5, 5.41) is 2.89. The van der Waals surface area contributed by atoms with Crippen molar-refractivity contribution in [2.45, 2.75) is 13.8 Å². The summed E-state index contributed by atoms with van der Waals surface area (Å²) < 4.78 is 0. The summed E-state index contributed by atoms with van der Waals surface area (Å²) in [6.45, 7) is 8.08. The van der Waals surface area contributed by atoms with Crippen LogP contribution in [-0.4, -0.2) is 4.98 Å². The highest BCUT2D eigenvalue weighted by atomic mass is 35.5. The van der Waals surface area contributed by atoms with Crippen molar-refractivity contribution >= 4 is 27.9 Å². The molecule has 1 heterocycles. The first kappa shape index (κ1) is 13.8. The predicted octanol–water partition coefficient (Wildman–Crippen LogP) is 5.90. The summed E-state index contributed by atoms with van der Waals surface area (Å²) in [4.78, 5) is 4.76. The standard InChI is InChI=1S/C19H16ClN/c1-12(2)19-17(14-8-5-4-6-9-14)18-15(13(3)21-19)10-7-11-16(18)20/h4-11H,1H2,2-3H3. The molecule has 2 aromatic carbocycles. The average molecular weight is 294 g/mol. The lowest BCUT2D eigenvalue weighted by molar-refractivity contribution is 1.20. The molecule has 0 spiro atoms. The molecule has 2 heteroatoms. The zero-order chi connectivity index (χ0) is 15.0. The fourth-order valence-electron chi connectivity index (χ4n) is 2.68. The minimum atomic E-state index is 0.749. The summed E-state index contributed by atoms with van der Waals surface area (Å²) in [7, 11) is 0. The maximum absolute atomic E-state index is 6.50. The number of benzene rings is 2. The Bertz CT molecular complexity index is 835. The van der Waals surface area contributed by atoms with Gasteiger partial charge in [0.2, 0.25) is 0 Å². The molecule has 1 aromatic heterocycles. The van der Waals surface area contributed by atoms with Crippen molar-refractivity contribution in [1.29, 1.82) is 0 Å². The van der Waals surface area contributed by atoms with E-state index in [0.717, 1.165) is 43.9 Å². The summed E-state index contributed by atoms with van der Waals surface area (Å²) >= 11 is 6.50. The number of rotatable bonds is 2. The van der Waals surface area contributed by atoms with Crippen molar-refractivity contribution in [1.82, 2.24) is 4.98 Å². The van der Waals surface area contributed by atoms with Crippen LogP contribution in [0.15, 0.2) is 55.1 Å². The van der Waals surface area contributed by atoms with Crippen LogP contribution in [0.3, 0.4) is 0 Å². The fourth-order valence-corrected chi connectivity index (χ4v) is 2.95. The van der Waals surface area contributed by atoms with E-state index in [2.05, 4.69) is 24.8 Å². The van der Waals surface area contributed by atoms with Crippen LogP contribution in [0.2, 0.25) is 5.02 Å². The van der Waals surface area contributed by atoms with Crippen molar-refractivity contribution in [2.24, 2.45) is 0 Å². The summed E-state index contributed by atoms with van der Waals surface area (Å²) in [6.07, 6.45) is 0. The summed E-state index contributed by atoms with van der Waals surface area (Å²) in [5.74, 6) is 0. The minimum Gasteiger partial charge on any atom is -0.252 e. The highest BCUT2D eigenvalue weighted by Crippen LogP contribution is 2.38. The topological polar surface area (TPSA) is 12.9 Å². The molecule has 0 N–H and O–H groups in total. The molecule has 0 aliphatic rings. The number of pyridine rings is 1. The minimum absolute atomic E-state index is 0.749. The summed E-state index contributed by atoms with van der Waals surface area (Å²) in [5.41, 5.74) is 5.01. The van der Waals surface area contributed by atoms with Gasteiger partial charge in [-0.05, 0) is 31.1 Å². The number of halogens is 1. The average Bonchev–Trinajstić information content (AvgIpc) is 2.48. The molecule has 0 aliphatic heterocycles. The van der Waals surface area contributed by atoms with Gasteiger partial charge in [-0.25, -0.2) is 0 Å². The largest absolute Gasteiger partial charge is 0.252 e. The van der Waals surface area contributed by atoms with Crippen LogP contribution in [0.25, 0.3) is 27.5 Å². The van der Waals surface area contributed by atoms with Gasteiger partial charge in [-0.2, -0.15) is 0 Å². The molecule has 0 saturated carbocycles. The Morgan fingerprint density at radius 2 is 1.76 bits per heavy atom. The number of hydrogen-bond donors (Lipinski definition) is 0. The molecule has 1 nitrogen and oxygen atoms in total. The molecule has 0 bridgehead atoms. The molecule has 0 unspecified atom stereocenters. The molecule has 0 fully saturated rings. The summed E-state index contributed by atoms with van der Waals surface area (Å²) in [6, 6.07) is 16.2. The van der Waals surface area contributed by atoms with Gasteiger partial charge in [-0.3, -0.25) is 4.98 Å². The Morgan fingerprint density at radius 1 is 1.05 bits per heavy atom. The monoisotopic (exact) mass is 293 g/mol. The Labute approximate surface area is 129 Å². The van der Waals surface area contributed by atoms with Crippen LogP contribution >= 0.6 is 11.6 Å². The van der Waals surface area contributed by atoms with Gasteiger partial charge in [0.05, 0.1) is 5.69 Å². The Balaban J connectivity index is 2.53. The third kappa shape index (κ3) is 2.34. The molecule has 3 aromatic rings. The third-order valence-corrected chi connectivity index (χ3v) is 3.95. The zero-order valence-corrected chi connectivity index (χ0v) is 12.9. The molecule has 0 radical (unpaired) electrons. The highest BCUT2D eigenvalue weighted by Gasteiger charge is 2.16. The quantitative estimate of drug-likeness (QED) is 0.573. The van der Waals surface area contributed by atoms with Crippen molar-refractivity contribution in [3.63, 3.8) is 0 Å². The zero-order valence-electron chi connectivity index (χ0n) is 12.2. The van der Waals surface area contributed by atoms with E-state index in [1.807, 2.05) is 44.2 Å². The number of aromatic nitrogens is 1. The smallest absolute Gasteiger partial charge is 0.0741 e. The second-order valence-corrected chi connectivity index (χ2v) is 5.64. The van der Waals surface area contributed by atoms with Crippen LogP contribution in [0, 0.1) is 6.92 Å². The molecule has 3 rings (SSSR count). The number of allylic oxidation sites excluding steroid dienone is 1. The lowest BCUT2D eigenvalue weighted by Crippen LogP contribution is -1.97. The fraction of sp³-hybridized carbons (Fsp3) is 0.105. The number of nitrogens with zero attached hydrogens (tertiary/aromatic N) is 1. The second-order valence-electron chi connectivity index (χ2n) is 5.23. The van der Waals surface area contributed by atoms with Crippen LogP contribution in [-0.2, 0) is 0 Å². The molecular weight excluding hydrogens is 278 g/mol. The molecule has 0 saturated heterocycles. The predicted molar refractivity (Wildman–Crippen MR) is 91.6 cm³/mol. The molecule has 0 atom stereocenters. The first-order chi connectivity index (χ1) is 10.1. The Hall–Kier alpha value is -2.12. The lowest BCUT2D eigenvalue weighted by Gasteiger charge is -2.16. The SMILES string of the molecule is C=C(C)c1nc(C)c2cccc(Cl)c2c1-c1ccccc1. The van der Waals surface area contributed by atoms with Gasteiger partial charge >= 0.3 is 0 Å². The Kier molecular flexibility index (Phi) is 3.52. The number of hydrogen-bond acceptors (Lipinski definition) is 1. The molecular formula is C19H16ClN. The van der Waals surface area contributed by atoms with Crippen molar-refractivity contribution in [2.75, 3.05) is 0 Å². The van der Waals surface area contributed by atoms with E-state index in [0.29, 0.717) is 0 Å². The number of fused-ring (bicyclic) bond motifs is 1. The molecule has 0 amide bonds. The first-order valence-electron chi connectivity index (χ1n) is 6.89. The van der Waals surface area contributed by atoms with Gasteiger partial charge in [-0.15, -0.1) is 0 Å². The van der Waals surface area contributed by atoms with Gasteiger partial charge in [0, 0.05) is 27.1 Å². The maximum atomic E-state index is 6.50. The molecule has 0 aliphatic carbocycles. The van der Waals surface area contributed by atoms with Gasteiger partial charge in [0.25, 0.3) is 0 Å². The second kappa shape index (κ2) is 5.34. The van der Waals surface area contributed by atoms with Crippen LogP contribution in [0.4, 0.5) is 0 Å². The normalized spacial score (nSPS) is 10.8. The van der Waals surface area contributed by atoms with Gasteiger partial charge in [0.15, 0.2) is 0 Å². The van der Waals surface area contributed by atoms with Crippen LogP contribution in [0.5, 0.6) is 0 Å². The highest BCUT2D eigenvalue weighted by molar-refractivity contribution is 6.37. The van der Waals surface area contributed by atoms with Crippen molar-refractivity contribution in [3.8, 4) is 11.1 Å². The van der Waals surface area contributed by atoms with Crippen molar-refractivity contribution < 1.29 is 0 Å².